The lowest BCUT2D eigenvalue weighted by atomic mass is 9.93. The maximum absolute atomic E-state index is 13.3. The fourth-order valence-corrected chi connectivity index (χ4v) is 5.38. The number of nitrogens with one attached hydrogen (secondary N) is 2. The summed E-state index contributed by atoms with van der Waals surface area (Å²) in [5, 5.41) is 11.4. The van der Waals surface area contributed by atoms with Crippen LogP contribution in [-0.2, 0) is 6.18 Å². The Morgan fingerprint density at radius 1 is 1.00 bits per heavy atom. The molecule has 2 aromatic heterocycles. The van der Waals surface area contributed by atoms with Crippen LogP contribution in [0.25, 0.3) is 22.0 Å². The van der Waals surface area contributed by atoms with E-state index in [1.807, 2.05) is 41.2 Å². The fraction of sp³-hybridized carbons (Fsp3) is 0.273. The molecule has 7 nitrogen and oxygen atoms in total. The van der Waals surface area contributed by atoms with E-state index in [4.69, 9.17) is 0 Å². The molecule has 2 saturated carbocycles. The summed E-state index contributed by atoms with van der Waals surface area (Å²) in [5.41, 5.74) is 4.80. The normalized spacial score (nSPS) is 15.8. The molecule has 218 valence electrons. The van der Waals surface area contributed by atoms with Crippen molar-refractivity contribution in [2.24, 2.45) is 0 Å². The molecule has 1 unspecified atom stereocenters. The van der Waals surface area contributed by atoms with Gasteiger partial charge in [-0.3, -0.25) is 9.48 Å². The summed E-state index contributed by atoms with van der Waals surface area (Å²) in [7, 11) is 0. The van der Waals surface area contributed by atoms with Crippen molar-refractivity contribution in [3.8, 4) is 11.1 Å². The van der Waals surface area contributed by atoms with E-state index in [2.05, 4.69) is 25.7 Å². The van der Waals surface area contributed by atoms with Crippen molar-refractivity contribution in [1.82, 2.24) is 25.1 Å². The molecule has 2 N–H and O–H groups in total. The largest absolute Gasteiger partial charge is 0.416 e. The Bertz CT molecular complexity index is 1840. The van der Waals surface area contributed by atoms with Gasteiger partial charge in [-0.05, 0) is 97.2 Å². The van der Waals surface area contributed by atoms with Crippen LogP contribution in [0, 0.1) is 0 Å². The molecule has 1 atom stereocenters. The predicted octanol–water partition coefficient (Wildman–Crippen LogP) is 7.96. The highest BCUT2D eigenvalue weighted by Crippen LogP contribution is 2.45. The average molecular weight is 583 g/mol. The first-order valence-electron chi connectivity index (χ1n) is 14.4. The molecule has 3 aromatic carbocycles. The van der Waals surface area contributed by atoms with Crippen LogP contribution in [0.4, 0.5) is 24.8 Å². The SMILES string of the molecule is CC(NC(=O)c1ccc(C2CC2)c(-c2ccc3nc(Nc4cnn(C5CC5)c4)ncc3c2)c1)c1cccc(C(F)(F)F)c1. The number of carbonyl (C=O) groups excluding carboxylic acids is 1. The van der Waals surface area contributed by atoms with Crippen LogP contribution in [0.3, 0.4) is 0 Å². The minimum absolute atomic E-state index is 0.349. The summed E-state index contributed by atoms with van der Waals surface area (Å²) in [4.78, 5) is 22.5. The highest BCUT2D eigenvalue weighted by atomic mass is 19.4. The second kappa shape index (κ2) is 10.5. The summed E-state index contributed by atoms with van der Waals surface area (Å²) in [6.45, 7) is 1.68. The van der Waals surface area contributed by atoms with Crippen molar-refractivity contribution in [3.63, 3.8) is 0 Å². The Hall–Kier alpha value is -4.73. The maximum atomic E-state index is 13.3. The Balaban J connectivity index is 1.13. The molecule has 43 heavy (non-hydrogen) atoms. The van der Waals surface area contributed by atoms with E-state index in [-0.39, 0.29) is 5.91 Å². The standard InChI is InChI=1S/C33H29F3N6O/c1-19(21-3-2-4-25(14-21)33(34,35)36)39-31(43)23-7-11-28(20-5-6-20)29(15-23)22-8-12-30-24(13-22)16-37-32(41-30)40-26-17-38-42(18-26)27-9-10-27/h2-4,7-8,11-20,27H,5-6,9-10H2,1H3,(H,39,43)(H,37,40,41). The summed E-state index contributed by atoms with van der Waals surface area (Å²) >= 11 is 0. The van der Waals surface area contributed by atoms with Gasteiger partial charge in [-0.1, -0.05) is 24.3 Å². The number of halogens is 3. The number of nitrogens with zero attached hydrogens (tertiary/aromatic N) is 4. The Morgan fingerprint density at radius 3 is 2.60 bits per heavy atom. The van der Waals surface area contributed by atoms with Gasteiger partial charge < -0.3 is 10.6 Å². The highest BCUT2D eigenvalue weighted by molar-refractivity contribution is 5.96. The van der Waals surface area contributed by atoms with Crippen LogP contribution >= 0.6 is 0 Å². The summed E-state index contributed by atoms with van der Waals surface area (Å²) in [6.07, 6.45) is 5.58. The van der Waals surface area contributed by atoms with Crippen molar-refractivity contribution in [3.05, 3.63) is 102 Å². The number of hydrogen-bond donors (Lipinski definition) is 2. The lowest BCUT2D eigenvalue weighted by Gasteiger charge is -2.17. The lowest BCUT2D eigenvalue weighted by Crippen LogP contribution is -2.27. The Kier molecular flexibility index (Phi) is 6.64. The van der Waals surface area contributed by atoms with Gasteiger partial charge in [0.05, 0.1) is 35.0 Å². The molecule has 0 bridgehead atoms. The predicted molar refractivity (Wildman–Crippen MR) is 158 cm³/mol. The number of rotatable bonds is 8. The number of amides is 1. The van der Waals surface area contributed by atoms with Gasteiger partial charge in [-0.25, -0.2) is 9.97 Å². The van der Waals surface area contributed by atoms with Crippen molar-refractivity contribution < 1.29 is 18.0 Å². The van der Waals surface area contributed by atoms with E-state index in [0.717, 1.165) is 65.5 Å². The van der Waals surface area contributed by atoms with Crippen LogP contribution in [-0.4, -0.2) is 25.7 Å². The molecule has 2 aliphatic rings. The van der Waals surface area contributed by atoms with Crippen molar-refractivity contribution in [2.45, 2.75) is 56.8 Å². The average Bonchev–Trinajstić information content (AvgIpc) is 3.95. The first kappa shape index (κ1) is 27.1. The molecule has 1 amide bonds. The minimum atomic E-state index is -4.45. The van der Waals surface area contributed by atoms with Crippen LogP contribution < -0.4 is 10.6 Å². The molecule has 5 aromatic rings. The molecule has 0 saturated heterocycles. The summed E-state index contributed by atoms with van der Waals surface area (Å²) < 4.78 is 41.6. The Morgan fingerprint density at radius 2 is 1.84 bits per heavy atom. The van der Waals surface area contributed by atoms with Gasteiger partial charge in [0.1, 0.15) is 0 Å². The zero-order chi connectivity index (χ0) is 29.7. The summed E-state index contributed by atoms with van der Waals surface area (Å²) in [5.74, 6) is 0.576. The first-order chi connectivity index (χ1) is 20.7. The van der Waals surface area contributed by atoms with Gasteiger partial charge in [0.15, 0.2) is 0 Å². The van der Waals surface area contributed by atoms with Gasteiger partial charge in [0.2, 0.25) is 5.95 Å². The number of anilines is 2. The molecule has 2 aliphatic carbocycles. The van der Waals surface area contributed by atoms with Gasteiger partial charge in [0, 0.05) is 23.3 Å². The van der Waals surface area contributed by atoms with Crippen molar-refractivity contribution >= 4 is 28.4 Å². The van der Waals surface area contributed by atoms with Crippen LogP contribution in [0.1, 0.15) is 77.7 Å². The molecule has 10 heteroatoms. The third-order valence-corrected chi connectivity index (χ3v) is 8.06. The number of carbonyl (C=O) groups is 1. The quantitative estimate of drug-likeness (QED) is 0.194. The third-order valence-electron chi connectivity index (χ3n) is 8.06. The zero-order valence-electron chi connectivity index (χ0n) is 23.4. The summed E-state index contributed by atoms with van der Waals surface area (Å²) in [6, 6.07) is 16.6. The van der Waals surface area contributed by atoms with E-state index in [1.165, 1.54) is 11.6 Å². The molecule has 7 rings (SSSR count). The monoisotopic (exact) mass is 582 g/mol. The topological polar surface area (TPSA) is 84.7 Å². The molecule has 2 heterocycles. The zero-order valence-corrected chi connectivity index (χ0v) is 23.4. The molecule has 2 fully saturated rings. The van der Waals surface area contributed by atoms with Crippen LogP contribution in [0.15, 0.2) is 79.3 Å². The fourth-order valence-electron chi connectivity index (χ4n) is 5.38. The second-order valence-corrected chi connectivity index (χ2v) is 11.4. The van der Waals surface area contributed by atoms with E-state index in [0.29, 0.717) is 29.0 Å². The second-order valence-electron chi connectivity index (χ2n) is 11.4. The third kappa shape index (κ3) is 5.82. The number of alkyl halides is 3. The van der Waals surface area contributed by atoms with E-state index in [9.17, 15) is 18.0 Å². The van der Waals surface area contributed by atoms with Crippen LogP contribution in [0.2, 0.25) is 0 Å². The molecule has 0 aliphatic heterocycles. The molecule has 0 radical (unpaired) electrons. The smallest absolute Gasteiger partial charge is 0.346 e. The first-order valence-corrected chi connectivity index (χ1v) is 14.4. The number of benzene rings is 3. The van der Waals surface area contributed by atoms with E-state index >= 15 is 0 Å². The Labute approximate surface area is 246 Å². The number of aromatic nitrogens is 4. The minimum Gasteiger partial charge on any atom is -0.346 e. The maximum Gasteiger partial charge on any atom is 0.416 e. The van der Waals surface area contributed by atoms with Crippen molar-refractivity contribution in [1.29, 1.82) is 0 Å². The number of hydrogen-bond acceptors (Lipinski definition) is 5. The molecular formula is C33H29F3N6O. The van der Waals surface area contributed by atoms with Gasteiger partial charge >= 0.3 is 6.18 Å². The van der Waals surface area contributed by atoms with E-state index < -0.39 is 17.8 Å². The lowest BCUT2D eigenvalue weighted by molar-refractivity contribution is -0.137. The van der Waals surface area contributed by atoms with Crippen LogP contribution in [0.5, 0.6) is 0 Å². The van der Waals surface area contributed by atoms with Gasteiger partial charge in [-0.2, -0.15) is 18.3 Å². The van der Waals surface area contributed by atoms with Gasteiger partial charge in [0.25, 0.3) is 5.91 Å². The molecular weight excluding hydrogens is 553 g/mol. The molecule has 0 spiro atoms. The van der Waals surface area contributed by atoms with Crippen molar-refractivity contribution in [2.75, 3.05) is 5.32 Å². The number of fused-ring (bicyclic) bond motifs is 1. The highest BCUT2D eigenvalue weighted by Gasteiger charge is 2.31. The van der Waals surface area contributed by atoms with E-state index in [1.54, 1.807) is 31.5 Å². The van der Waals surface area contributed by atoms with Gasteiger partial charge in [-0.15, -0.1) is 0 Å².